The van der Waals surface area contributed by atoms with Gasteiger partial charge in [0.05, 0.1) is 4.90 Å². The zero-order valence-electron chi connectivity index (χ0n) is 13.7. The van der Waals surface area contributed by atoms with E-state index < -0.39 is 10.0 Å². The van der Waals surface area contributed by atoms with E-state index in [1.165, 1.54) is 0 Å². The van der Waals surface area contributed by atoms with Crippen LogP contribution in [-0.4, -0.2) is 27.5 Å². The highest BCUT2D eigenvalue weighted by molar-refractivity contribution is 7.89. The van der Waals surface area contributed by atoms with E-state index in [9.17, 15) is 8.42 Å². The van der Waals surface area contributed by atoms with Crippen LogP contribution in [0.2, 0.25) is 0 Å². The molecule has 0 bridgehead atoms. The van der Waals surface area contributed by atoms with Gasteiger partial charge in [0.2, 0.25) is 10.0 Å². The minimum absolute atomic E-state index is 0.112. The molecule has 0 saturated carbocycles. The van der Waals surface area contributed by atoms with E-state index in [2.05, 4.69) is 17.0 Å². The Kier molecular flexibility index (Phi) is 6.38. The Hall–Kier alpha value is -0.910. The normalized spacial score (nSPS) is 14.1. The number of hydrogen-bond donors (Lipinski definition) is 2. The van der Waals surface area contributed by atoms with Crippen LogP contribution in [0.3, 0.4) is 0 Å². The Morgan fingerprint density at radius 3 is 2.19 bits per heavy atom. The summed E-state index contributed by atoms with van der Waals surface area (Å²) in [6, 6.07) is 7.00. The van der Waals surface area contributed by atoms with Crippen LogP contribution >= 0.6 is 0 Å². The average Bonchev–Trinajstić information content (AvgIpc) is 2.38. The molecule has 1 aromatic carbocycles. The van der Waals surface area contributed by atoms with Crippen molar-refractivity contribution in [3.63, 3.8) is 0 Å². The zero-order valence-corrected chi connectivity index (χ0v) is 14.5. The van der Waals surface area contributed by atoms with Crippen LogP contribution in [0.1, 0.15) is 40.2 Å². The molecule has 1 atom stereocenters. The van der Waals surface area contributed by atoms with E-state index in [-0.39, 0.29) is 11.5 Å². The van der Waals surface area contributed by atoms with Crippen molar-refractivity contribution < 1.29 is 8.42 Å². The van der Waals surface area contributed by atoms with Crippen LogP contribution in [0, 0.1) is 5.41 Å². The lowest BCUT2D eigenvalue weighted by Crippen LogP contribution is -2.41. The summed E-state index contributed by atoms with van der Waals surface area (Å²) in [5.41, 5.74) is 1.03. The molecule has 1 aromatic rings. The second-order valence-corrected chi connectivity index (χ2v) is 8.17. The quantitative estimate of drug-likeness (QED) is 0.761. The lowest BCUT2D eigenvalue weighted by molar-refractivity contribution is 0.317. The van der Waals surface area contributed by atoms with E-state index in [0.29, 0.717) is 4.90 Å². The van der Waals surface area contributed by atoms with Crippen molar-refractivity contribution in [2.24, 2.45) is 5.41 Å². The minimum Gasteiger partial charge on any atom is -0.317 e. The number of rotatable bonds is 7. The predicted molar refractivity (Wildman–Crippen MR) is 87.9 cm³/mol. The van der Waals surface area contributed by atoms with Crippen LogP contribution < -0.4 is 10.0 Å². The average molecular weight is 312 g/mol. The molecule has 0 amide bonds. The first-order chi connectivity index (χ1) is 9.66. The number of sulfonamides is 1. The molecule has 2 N–H and O–H groups in total. The fraction of sp³-hybridized carbons (Fsp3) is 0.625. The van der Waals surface area contributed by atoms with Crippen molar-refractivity contribution >= 4 is 10.0 Å². The molecule has 0 aromatic heterocycles. The second kappa shape index (κ2) is 7.38. The van der Waals surface area contributed by atoms with Crippen LogP contribution in [0.25, 0.3) is 0 Å². The molecule has 5 heteroatoms. The van der Waals surface area contributed by atoms with Gasteiger partial charge in [0, 0.05) is 6.04 Å². The van der Waals surface area contributed by atoms with Crippen molar-refractivity contribution in [3.8, 4) is 0 Å². The maximum atomic E-state index is 12.3. The van der Waals surface area contributed by atoms with Crippen LogP contribution in [0.5, 0.6) is 0 Å². The molecular formula is C16H28N2O2S. The van der Waals surface area contributed by atoms with Gasteiger partial charge in [-0.1, -0.05) is 39.8 Å². The van der Waals surface area contributed by atoms with Crippen LogP contribution in [0.15, 0.2) is 29.2 Å². The van der Waals surface area contributed by atoms with Gasteiger partial charge in [-0.3, -0.25) is 0 Å². The highest BCUT2D eigenvalue weighted by Crippen LogP contribution is 2.21. The number of nitrogens with one attached hydrogen (secondary N) is 2. The van der Waals surface area contributed by atoms with E-state index in [4.69, 9.17) is 0 Å². The van der Waals surface area contributed by atoms with Crippen LogP contribution in [0.4, 0.5) is 0 Å². The van der Waals surface area contributed by atoms with Crippen molar-refractivity contribution in [2.75, 3.05) is 13.1 Å². The van der Waals surface area contributed by atoms with E-state index in [1.54, 1.807) is 12.1 Å². The Bertz CT molecular complexity index is 530. The fourth-order valence-electron chi connectivity index (χ4n) is 1.72. The van der Waals surface area contributed by atoms with Gasteiger partial charge in [-0.05, 0) is 49.5 Å². The number of benzene rings is 1. The molecule has 0 fully saturated rings. The van der Waals surface area contributed by atoms with Crippen molar-refractivity contribution in [2.45, 2.75) is 52.0 Å². The minimum atomic E-state index is -3.45. The van der Waals surface area contributed by atoms with Gasteiger partial charge in [-0.15, -0.1) is 0 Å². The summed E-state index contributed by atoms with van der Waals surface area (Å²) in [5.74, 6) is 0. The monoisotopic (exact) mass is 312 g/mol. The van der Waals surface area contributed by atoms with Crippen LogP contribution in [-0.2, 0) is 16.4 Å². The summed E-state index contributed by atoms with van der Waals surface area (Å²) >= 11 is 0. The zero-order chi connectivity index (χ0) is 16.1. The molecule has 4 nitrogen and oxygen atoms in total. The number of hydrogen-bond acceptors (Lipinski definition) is 3. The first-order valence-corrected chi connectivity index (χ1v) is 8.97. The summed E-state index contributed by atoms with van der Waals surface area (Å²) < 4.78 is 27.4. The molecule has 21 heavy (non-hydrogen) atoms. The van der Waals surface area contributed by atoms with Gasteiger partial charge in [-0.25, -0.2) is 13.1 Å². The SMILES string of the molecule is CCNCCc1ccc(S(=O)(=O)NC(C)C(C)(C)C)cc1. The third-order valence-electron chi connectivity index (χ3n) is 3.71. The highest BCUT2D eigenvalue weighted by Gasteiger charge is 2.25. The lowest BCUT2D eigenvalue weighted by atomic mass is 9.89. The third-order valence-corrected chi connectivity index (χ3v) is 5.26. The molecule has 0 spiro atoms. The first kappa shape index (κ1) is 18.1. The molecule has 120 valence electrons. The maximum Gasteiger partial charge on any atom is 0.240 e. The lowest BCUT2D eigenvalue weighted by Gasteiger charge is -2.27. The largest absolute Gasteiger partial charge is 0.317 e. The summed E-state index contributed by atoms with van der Waals surface area (Å²) in [5, 5.41) is 3.25. The number of likely N-dealkylation sites (N-methyl/N-ethyl adjacent to an activating group) is 1. The Labute approximate surface area is 129 Å². The van der Waals surface area contributed by atoms with Gasteiger partial charge in [-0.2, -0.15) is 0 Å². The van der Waals surface area contributed by atoms with Gasteiger partial charge in [0.1, 0.15) is 0 Å². The van der Waals surface area contributed by atoms with Gasteiger partial charge < -0.3 is 5.32 Å². The molecule has 0 aliphatic carbocycles. The van der Waals surface area contributed by atoms with E-state index in [1.807, 2.05) is 39.8 Å². The van der Waals surface area contributed by atoms with Gasteiger partial charge >= 0.3 is 0 Å². The molecular weight excluding hydrogens is 284 g/mol. The molecule has 1 rings (SSSR count). The topological polar surface area (TPSA) is 58.2 Å². The molecule has 0 aliphatic rings. The molecule has 0 aliphatic heterocycles. The summed E-state index contributed by atoms with van der Waals surface area (Å²) in [6.45, 7) is 11.9. The summed E-state index contributed by atoms with van der Waals surface area (Å²) in [6.07, 6.45) is 0.903. The smallest absolute Gasteiger partial charge is 0.240 e. The first-order valence-electron chi connectivity index (χ1n) is 7.49. The van der Waals surface area contributed by atoms with E-state index in [0.717, 1.165) is 25.1 Å². The molecule has 0 heterocycles. The second-order valence-electron chi connectivity index (χ2n) is 6.46. The molecule has 0 saturated heterocycles. The van der Waals surface area contributed by atoms with Gasteiger partial charge in [0.15, 0.2) is 0 Å². The molecule has 1 unspecified atom stereocenters. The predicted octanol–water partition coefficient (Wildman–Crippen LogP) is 2.55. The van der Waals surface area contributed by atoms with Crippen molar-refractivity contribution in [1.82, 2.24) is 10.0 Å². The van der Waals surface area contributed by atoms with Crippen molar-refractivity contribution in [1.29, 1.82) is 0 Å². The van der Waals surface area contributed by atoms with E-state index >= 15 is 0 Å². The third kappa shape index (κ3) is 5.77. The summed E-state index contributed by atoms with van der Waals surface area (Å²) in [7, 11) is -3.45. The maximum absolute atomic E-state index is 12.3. The molecule has 0 radical (unpaired) electrons. The summed E-state index contributed by atoms with van der Waals surface area (Å²) in [4.78, 5) is 0.325. The standard InChI is InChI=1S/C16H28N2O2S/c1-6-17-12-11-14-7-9-15(10-8-14)21(19,20)18-13(2)16(3,4)5/h7-10,13,17-18H,6,11-12H2,1-5H3. The Morgan fingerprint density at radius 1 is 1.14 bits per heavy atom. The van der Waals surface area contributed by atoms with Crippen molar-refractivity contribution in [3.05, 3.63) is 29.8 Å². The van der Waals surface area contributed by atoms with Gasteiger partial charge in [0.25, 0.3) is 0 Å². The Balaban J connectivity index is 2.76. The Morgan fingerprint density at radius 2 is 1.71 bits per heavy atom. The highest BCUT2D eigenvalue weighted by atomic mass is 32.2. The fourth-order valence-corrected chi connectivity index (χ4v) is 3.17.